The Balaban J connectivity index is 1.72. The van der Waals surface area contributed by atoms with Gasteiger partial charge in [-0.25, -0.2) is 4.98 Å². The van der Waals surface area contributed by atoms with Gasteiger partial charge in [0.1, 0.15) is 5.82 Å². The summed E-state index contributed by atoms with van der Waals surface area (Å²) < 4.78 is 4.45. The predicted octanol–water partition coefficient (Wildman–Crippen LogP) is 2.74. The van der Waals surface area contributed by atoms with Crippen LogP contribution in [-0.2, 0) is 4.79 Å². The zero-order valence-corrected chi connectivity index (χ0v) is 12.8. The standard InChI is InChI=1S/C14H21N3O2S/c1-14(2,12(18)19)10-4-3-7-17(8-10)13-15-11(16-20-13)9-5-6-9/h9-10H,3-8H2,1-2H3,(H,18,19). The van der Waals surface area contributed by atoms with Crippen LogP contribution in [0.15, 0.2) is 0 Å². The van der Waals surface area contributed by atoms with Crippen LogP contribution in [0, 0.1) is 11.3 Å². The highest BCUT2D eigenvalue weighted by molar-refractivity contribution is 7.09. The number of piperidine rings is 1. The first-order valence-corrected chi connectivity index (χ1v) is 8.08. The Labute approximate surface area is 123 Å². The molecule has 20 heavy (non-hydrogen) atoms. The number of hydrogen-bond donors (Lipinski definition) is 1. The van der Waals surface area contributed by atoms with Crippen LogP contribution in [-0.4, -0.2) is 33.5 Å². The number of aliphatic carboxylic acids is 1. The fourth-order valence-corrected chi connectivity index (χ4v) is 3.56. The molecule has 1 aliphatic carbocycles. The van der Waals surface area contributed by atoms with Crippen molar-refractivity contribution in [2.45, 2.75) is 45.4 Å². The van der Waals surface area contributed by atoms with E-state index in [1.165, 1.54) is 24.4 Å². The molecule has 1 unspecified atom stereocenters. The predicted molar refractivity (Wildman–Crippen MR) is 78.2 cm³/mol. The number of aromatic nitrogens is 2. The highest BCUT2D eigenvalue weighted by Crippen LogP contribution is 2.41. The minimum atomic E-state index is -0.708. The lowest BCUT2D eigenvalue weighted by Gasteiger charge is -2.38. The summed E-state index contributed by atoms with van der Waals surface area (Å²) in [6.07, 6.45) is 4.43. The van der Waals surface area contributed by atoms with E-state index in [2.05, 4.69) is 14.3 Å². The van der Waals surface area contributed by atoms with E-state index < -0.39 is 11.4 Å². The van der Waals surface area contributed by atoms with Crippen molar-refractivity contribution in [3.05, 3.63) is 5.82 Å². The average molecular weight is 295 g/mol. The summed E-state index contributed by atoms with van der Waals surface area (Å²) in [6, 6.07) is 0. The minimum absolute atomic E-state index is 0.169. The van der Waals surface area contributed by atoms with Gasteiger partial charge in [0, 0.05) is 30.5 Å². The second-order valence-corrected chi connectivity index (χ2v) is 7.25. The minimum Gasteiger partial charge on any atom is -0.481 e. The van der Waals surface area contributed by atoms with Gasteiger partial charge in [-0.2, -0.15) is 4.37 Å². The number of carboxylic acids is 1. The first-order valence-electron chi connectivity index (χ1n) is 7.30. The van der Waals surface area contributed by atoms with Gasteiger partial charge in [0.2, 0.25) is 5.13 Å². The van der Waals surface area contributed by atoms with Gasteiger partial charge in [-0.15, -0.1) is 0 Å². The van der Waals surface area contributed by atoms with Crippen LogP contribution in [0.5, 0.6) is 0 Å². The van der Waals surface area contributed by atoms with Crippen LogP contribution in [0.2, 0.25) is 0 Å². The highest BCUT2D eigenvalue weighted by atomic mass is 32.1. The molecule has 0 radical (unpaired) electrons. The number of carboxylic acid groups (broad SMARTS) is 1. The van der Waals surface area contributed by atoms with Gasteiger partial charge in [0.15, 0.2) is 0 Å². The monoisotopic (exact) mass is 295 g/mol. The number of anilines is 1. The summed E-state index contributed by atoms with van der Waals surface area (Å²) in [5.74, 6) is 1.03. The van der Waals surface area contributed by atoms with E-state index in [1.807, 2.05) is 13.8 Å². The average Bonchev–Trinajstić information content (AvgIpc) is 3.16. The van der Waals surface area contributed by atoms with Crippen LogP contribution in [0.25, 0.3) is 0 Å². The van der Waals surface area contributed by atoms with Crippen LogP contribution in [0.4, 0.5) is 5.13 Å². The van der Waals surface area contributed by atoms with Crippen LogP contribution >= 0.6 is 11.5 Å². The molecule has 1 atom stereocenters. The maximum absolute atomic E-state index is 11.4. The van der Waals surface area contributed by atoms with Gasteiger partial charge >= 0.3 is 5.97 Å². The number of nitrogens with zero attached hydrogens (tertiary/aromatic N) is 3. The van der Waals surface area contributed by atoms with E-state index in [0.29, 0.717) is 5.92 Å². The molecule has 0 bridgehead atoms. The molecule has 2 aliphatic rings. The Morgan fingerprint density at radius 3 is 2.80 bits per heavy atom. The lowest BCUT2D eigenvalue weighted by Crippen LogP contribution is -2.44. The Hall–Kier alpha value is -1.17. The van der Waals surface area contributed by atoms with Gasteiger partial charge in [0.05, 0.1) is 5.41 Å². The Kier molecular flexibility index (Phi) is 3.44. The molecule has 2 fully saturated rings. The summed E-state index contributed by atoms with van der Waals surface area (Å²) >= 11 is 1.46. The molecule has 110 valence electrons. The number of carbonyl (C=O) groups is 1. The Morgan fingerprint density at radius 2 is 2.15 bits per heavy atom. The molecule has 1 N–H and O–H groups in total. The van der Waals surface area contributed by atoms with Crippen molar-refractivity contribution in [1.82, 2.24) is 9.36 Å². The van der Waals surface area contributed by atoms with Crippen LogP contribution in [0.3, 0.4) is 0 Å². The molecule has 1 aromatic heterocycles. The van der Waals surface area contributed by atoms with Crippen molar-refractivity contribution in [2.24, 2.45) is 11.3 Å². The molecular formula is C14H21N3O2S. The van der Waals surface area contributed by atoms with Gasteiger partial charge in [-0.3, -0.25) is 4.79 Å². The first kappa shape index (κ1) is 13.8. The third-order valence-electron chi connectivity index (χ3n) is 4.64. The van der Waals surface area contributed by atoms with Gasteiger partial charge in [0.25, 0.3) is 0 Å². The van der Waals surface area contributed by atoms with E-state index in [0.717, 1.165) is 36.9 Å². The maximum Gasteiger partial charge on any atom is 0.309 e. The fraction of sp³-hybridized carbons (Fsp3) is 0.786. The number of hydrogen-bond acceptors (Lipinski definition) is 5. The summed E-state index contributed by atoms with van der Waals surface area (Å²) in [6.45, 7) is 5.41. The zero-order chi connectivity index (χ0) is 14.3. The Morgan fingerprint density at radius 1 is 1.40 bits per heavy atom. The second-order valence-electron chi connectivity index (χ2n) is 6.52. The normalized spacial score (nSPS) is 23.9. The smallest absolute Gasteiger partial charge is 0.309 e. The first-order chi connectivity index (χ1) is 9.48. The van der Waals surface area contributed by atoms with E-state index in [9.17, 15) is 9.90 Å². The molecule has 1 saturated heterocycles. The molecule has 1 saturated carbocycles. The van der Waals surface area contributed by atoms with Crippen LogP contribution < -0.4 is 4.90 Å². The summed E-state index contributed by atoms with van der Waals surface area (Å²) in [5, 5.41) is 10.4. The van der Waals surface area contributed by atoms with Gasteiger partial charge in [-0.05, 0) is 45.4 Å². The van der Waals surface area contributed by atoms with Crippen molar-refractivity contribution >= 4 is 22.6 Å². The van der Waals surface area contributed by atoms with Gasteiger partial charge in [-0.1, -0.05) is 0 Å². The molecule has 6 heteroatoms. The summed E-state index contributed by atoms with van der Waals surface area (Å²) in [4.78, 5) is 18.3. The third kappa shape index (κ3) is 2.53. The second kappa shape index (κ2) is 4.98. The molecule has 0 spiro atoms. The van der Waals surface area contributed by atoms with Crippen molar-refractivity contribution in [3.8, 4) is 0 Å². The lowest BCUT2D eigenvalue weighted by atomic mass is 9.75. The van der Waals surface area contributed by atoms with Crippen molar-refractivity contribution in [1.29, 1.82) is 0 Å². The molecule has 5 nitrogen and oxygen atoms in total. The summed E-state index contributed by atoms with van der Waals surface area (Å²) in [7, 11) is 0. The summed E-state index contributed by atoms with van der Waals surface area (Å²) in [5.41, 5.74) is -0.678. The molecular weight excluding hydrogens is 274 g/mol. The Bertz CT molecular complexity index is 510. The SMILES string of the molecule is CC(C)(C(=O)O)C1CCCN(c2nc(C3CC3)ns2)C1. The highest BCUT2D eigenvalue weighted by Gasteiger charge is 2.40. The van der Waals surface area contributed by atoms with E-state index in [-0.39, 0.29) is 5.92 Å². The van der Waals surface area contributed by atoms with E-state index in [4.69, 9.17) is 0 Å². The van der Waals surface area contributed by atoms with Crippen molar-refractivity contribution < 1.29 is 9.90 Å². The maximum atomic E-state index is 11.4. The third-order valence-corrected chi connectivity index (χ3v) is 5.43. The number of rotatable bonds is 4. The van der Waals surface area contributed by atoms with E-state index >= 15 is 0 Å². The lowest BCUT2D eigenvalue weighted by molar-refractivity contribution is -0.150. The topological polar surface area (TPSA) is 66.3 Å². The largest absolute Gasteiger partial charge is 0.481 e. The fourth-order valence-electron chi connectivity index (χ4n) is 2.78. The molecule has 3 rings (SSSR count). The quantitative estimate of drug-likeness (QED) is 0.925. The zero-order valence-electron chi connectivity index (χ0n) is 12.0. The molecule has 0 aromatic carbocycles. The van der Waals surface area contributed by atoms with E-state index in [1.54, 1.807) is 0 Å². The van der Waals surface area contributed by atoms with Crippen molar-refractivity contribution in [3.63, 3.8) is 0 Å². The van der Waals surface area contributed by atoms with Gasteiger partial charge < -0.3 is 10.0 Å². The van der Waals surface area contributed by atoms with Crippen molar-refractivity contribution in [2.75, 3.05) is 18.0 Å². The van der Waals surface area contributed by atoms with Crippen LogP contribution in [0.1, 0.15) is 51.3 Å². The molecule has 1 aliphatic heterocycles. The molecule has 0 amide bonds. The molecule has 2 heterocycles. The molecule has 1 aromatic rings.